The number of carbonyl (C=O) groups is 2. The van der Waals surface area contributed by atoms with E-state index < -0.39 is 36.4 Å². The molecule has 0 unspecified atom stereocenters. The number of rotatable bonds is 13. The molecule has 0 aliphatic carbocycles. The summed E-state index contributed by atoms with van der Waals surface area (Å²) in [4.78, 5) is 25.6. The number of halogens is 5. The first-order valence-corrected chi connectivity index (χ1v) is 12.2. The molecule has 3 rings (SSSR count). The Morgan fingerprint density at radius 2 is 2.02 bits per heavy atom. The Bertz CT molecular complexity index is 1190. The topological polar surface area (TPSA) is 157 Å². The summed E-state index contributed by atoms with van der Waals surface area (Å²) in [5.41, 5.74) is 6.19. The molecule has 1 saturated heterocycles. The Balaban J connectivity index is 1.34. The van der Waals surface area contributed by atoms with Crippen LogP contribution in [0, 0.1) is 0 Å². The van der Waals surface area contributed by atoms with Gasteiger partial charge in [-0.25, -0.2) is 14.6 Å². The molecule has 2 amide bonds. The summed E-state index contributed by atoms with van der Waals surface area (Å²) in [5, 5.41) is 13.9. The third-order valence-corrected chi connectivity index (χ3v) is 5.61. The maximum absolute atomic E-state index is 13.2. The van der Waals surface area contributed by atoms with Gasteiger partial charge in [0.25, 0.3) is 11.8 Å². The van der Waals surface area contributed by atoms with Crippen molar-refractivity contribution in [3.63, 3.8) is 0 Å². The zero-order chi connectivity index (χ0) is 29.3. The molecule has 0 atom stereocenters. The molecule has 1 aliphatic heterocycles. The first-order valence-electron chi connectivity index (χ1n) is 12.2. The van der Waals surface area contributed by atoms with Crippen molar-refractivity contribution in [3.8, 4) is 5.75 Å². The zero-order valence-corrected chi connectivity index (χ0v) is 21.3. The largest absolute Gasteiger partial charge is 0.573 e. The average molecular weight is 576 g/mol. The zero-order valence-electron chi connectivity index (χ0n) is 21.3. The number of hydrogen-bond acceptors (Lipinski definition) is 9. The van der Waals surface area contributed by atoms with Gasteiger partial charge in [0, 0.05) is 32.6 Å². The molecule has 2 aromatic rings. The van der Waals surface area contributed by atoms with E-state index in [-0.39, 0.29) is 37.6 Å². The van der Waals surface area contributed by atoms with Crippen molar-refractivity contribution < 1.29 is 36.3 Å². The third kappa shape index (κ3) is 10.6. The summed E-state index contributed by atoms with van der Waals surface area (Å²) in [5.74, 6) is 1.58. The van der Waals surface area contributed by atoms with Crippen molar-refractivity contribution in [2.45, 2.75) is 44.6 Å². The summed E-state index contributed by atoms with van der Waals surface area (Å²) in [6, 6.07) is 5.24. The number of ether oxygens (including phenoxy) is 1. The number of hydrogen-bond donors (Lipinski definition) is 4. The van der Waals surface area contributed by atoms with Gasteiger partial charge in [-0.05, 0) is 30.5 Å². The molecule has 0 spiro atoms. The SMILES string of the molecule is N/C(=C\N(N)CCCCn1cc(C(=O)NCc2cccc(OC(F)(F)F)c2)nn1)NC(=O)CN1CCC(F)(F)C1. The summed E-state index contributed by atoms with van der Waals surface area (Å²) in [6.07, 6.45) is -1.15. The molecule has 0 saturated carbocycles. The van der Waals surface area contributed by atoms with Gasteiger partial charge < -0.3 is 26.1 Å². The number of nitrogens with two attached hydrogens (primary N) is 2. The lowest BCUT2D eigenvalue weighted by atomic mass is 10.2. The van der Waals surface area contributed by atoms with Crippen LogP contribution in [0.5, 0.6) is 5.75 Å². The van der Waals surface area contributed by atoms with Gasteiger partial charge in [0.05, 0.1) is 25.5 Å². The Hall–Kier alpha value is -3.99. The van der Waals surface area contributed by atoms with Crippen LogP contribution in [0.3, 0.4) is 0 Å². The highest BCUT2D eigenvalue weighted by Crippen LogP contribution is 2.26. The summed E-state index contributed by atoms with van der Waals surface area (Å²) < 4.78 is 68.9. The van der Waals surface area contributed by atoms with Gasteiger partial charge in [-0.2, -0.15) is 0 Å². The molecule has 1 aromatic carbocycles. The number of nitrogens with zero attached hydrogens (tertiary/aromatic N) is 5. The predicted molar refractivity (Wildman–Crippen MR) is 131 cm³/mol. The minimum Gasteiger partial charge on any atom is -0.406 e. The number of unbranched alkanes of at least 4 members (excludes halogenated alkanes) is 1. The highest BCUT2D eigenvalue weighted by atomic mass is 19.4. The van der Waals surface area contributed by atoms with Crippen LogP contribution in [0.25, 0.3) is 0 Å². The maximum Gasteiger partial charge on any atom is 0.573 e. The molecule has 220 valence electrons. The third-order valence-electron chi connectivity index (χ3n) is 5.61. The lowest BCUT2D eigenvalue weighted by Crippen LogP contribution is -2.39. The Kier molecular flexibility index (Phi) is 10.2. The highest BCUT2D eigenvalue weighted by molar-refractivity contribution is 5.91. The second-order valence-electron chi connectivity index (χ2n) is 9.14. The molecule has 2 heterocycles. The van der Waals surface area contributed by atoms with Crippen LogP contribution >= 0.6 is 0 Å². The van der Waals surface area contributed by atoms with Crippen molar-refractivity contribution in [1.29, 1.82) is 0 Å². The first kappa shape index (κ1) is 30.6. The van der Waals surface area contributed by atoms with Gasteiger partial charge >= 0.3 is 6.36 Å². The van der Waals surface area contributed by atoms with Crippen molar-refractivity contribution in [2.75, 3.05) is 26.2 Å². The van der Waals surface area contributed by atoms with E-state index in [0.717, 1.165) is 6.07 Å². The van der Waals surface area contributed by atoms with Crippen LogP contribution in [0.15, 0.2) is 42.5 Å². The Morgan fingerprint density at radius 3 is 2.73 bits per heavy atom. The second kappa shape index (κ2) is 13.4. The number of likely N-dealkylation sites (tertiary alicyclic amines) is 1. The first-order chi connectivity index (χ1) is 18.8. The van der Waals surface area contributed by atoms with Crippen molar-refractivity contribution in [2.24, 2.45) is 11.6 Å². The number of hydrazine groups is 1. The predicted octanol–water partition coefficient (Wildman–Crippen LogP) is 1.28. The fraction of sp³-hybridized carbons (Fsp3) is 0.478. The van der Waals surface area contributed by atoms with Crippen molar-refractivity contribution >= 4 is 11.8 Å². The minimum absolute atomic E-state index is 0.0232. The van der Waals surface area contributed by atoms with E-state index in [1.54, 1.807) is 0 Å². The summed E-state index contributed by atoms with van der Waals surface area (Å²) >= 11 is 0. The van der Waals surface area contributed by atoms with Crippen LogP contribution in [-0.4, -0.2) is 75.2 Å². The molecular formula is C23H30F5N9O3. The number of benzene rings is 1. The lowest BCUT2D eigenvalue weighted by molar-refractivity contribution is -0.274. The normalized spacial score (nSPS) is 15.6. The number of nitrogens with one attached hydrogen (secondary N) is 2. The lowest BCUT2D eigenvalue weighted by Gasteiger charge is -2.17. The van der Waals surface area contributed by atoms with Crippen molar-refractivity contribution in [1.82, 2.24) is 35.5 Å². The number of carbonyl (C=O) groups excluding carboxylic acids is 2. The number of amides is 2. The van der Waals surface area contributed by atoms with E-state index in [4.69, 9.17) is 11.6 Å². The molecule has 1 fully saturated rings. The molecular weight excluding hydrogens is 545 g/mol. The minimum atomic E-state index is -4.82. The molecule has 12 nitrogen and oxygen atoms in total. The van der Waals surface area contributed by atoms with E-state index in [0.29, 0.717) is 31.5 Å². The fourth-order valence-electron chi connectivity index (χ4n) is 3.83. The standard InChI is InChI=1S/C23H30F5N9O3/c24-22(25)6-9-35(15-22)14-20(38)32-19(29)13-36(30)7-1-2-8-37-12-18(33-34-37)21(39)31-11-16-4-3-5-17(10-16)40-23(26,27)28/h3-5,10,12-13H,1-2,6-9,11,14-15,29-30H2,(H,31,39)(H,32,38)/b19-13+. The van der Waals surface area contributed by atoms with E-state index in [1.165, 1.54) is 45.2 Å². The van der Waals surface area contributed by atoms with Gasteiger partial charge in [0.2, 0.25) is 5.91 Å². The second-order valence-corrected chi connectivity index (χ2v) is 9.14. The van der Waals surface area contributed by atoms with Crippen LogP contribution in [0.1, 0.15) is 35.3 Å². The number of aryl methyl sites for hydroxylation is 1. The molecule has 40 heavy (non-hydrogen) atoms. The van der Waals surface area contributed by atoms with Crippen molar-refractivity contribution in [3.05, 3.63) is 53.7 Å². The van der Waals surface area contributed by atoms with Crippen LogP contribution < -0.4 is 26.9 Å². The summed E-state index contributed by atoms with van der Waals surface area (Å²) in [7, 11) is 0. The number of alkyl halides is 5. The summed E-state index contributed by atoms with van der Waals surface area (Å²) in [6.45, 7) is 0.206. The van der Waals surface area contributed by atoms with Gasteiger partial charge in [-0.15, -0.1) is 18.3 Å². The van der Waals surface area contributed by atoms with Crippen LogP contribution in [-0.2, 0) is 17.9 Å². The smallest absolute Gasteiger partial charge is 0.406 e. The fourth-order valence-corrected chi connectivity index (χ4v) is 3.83. The van der Waals surface area contributed by atoms with Gasteiger partial charge in [0.15, 0.2) is 5.69 Å². The van der Waals surface area contributed by atoms with E-state index in [1.807, 2.05) is 0 Å². The van der Waals surface area contributed by atoms with Gasteiger partial charge in [-0.1, -0.05) is 17.3 Å². The Morgan fingerprint density at radius 1 is 1.25 bits per heavy atom. The molecule has 1 aliphatic rings. The Labute approximate surface area is 226 Å². The molecule has 0 radical (unpaired) electrons. The monoisotopic (exact) mass is 575 g/mol. The average Bonchev–Trinajstić information content (AvgIpc) is 3.45. The van der Waals surface area contributed by atoms with E-state index in [9.17, 15) is 31.5 Å². The molecule has 17 heteroatoms. The van der Waals surface area contributed by atoms with E-state index in [2.05, 4.69) is 25.7 Å². The van der Waals surface area contributed by atoms with Crippen LogP contribution in [0.4, 0.5) is 22.0 Å². The van der Waals surface area contributed by atoms with Gasteiger partial charge in [0.1, 0.15) is 11.6 Å². The number of aromatic nitrogens is 3. The molecule has 6 N–H and O–H groups in total. The highest BCUT2D eigenvalue weighted by Gasteiger charge is 2.38. The van der Waals surface area contributed by atoms with Gasteiger partial charge in [-0.3, -0.25) is 19.2 Å². The van der Waals surface area contributed by atoms with E-state index >= 15 is 0 Å². The maximum atomic E-state index is 13.2. The molecule has 1 aromatic heterocycles. The van der Waals surface area contributed by atoms with Crippen LogP contribution in [0.2, 0.25) is 0 Å². The quantitative estimate of drug-likeness (QED) is 0.120. The molecule has 0 bridgehead atoms.